The second-order valence-corrected chi connectivity index (χ2v) is 2.14. The molecule has 1 unspecified atom stereocenters. The van der Waals surface area contributed by atoms with Crippen molar-refractivity contribution in [3.05, 3.63) is 0 Å². The summed E-state index contributed by atoms with van der Waals surface area (Å²) in [4.78, 5) is 10.5. The molecule has 0 aromatic carbocycles. The van der Waals surface area contributed by atoms with Crippen molar-refractivity contribution in [3.8, 4) is 0 Å². The van der Waals surface area contributed by atoms with Gasteiger partial charge < -0.3 is 9.84 Å². The largest absolute Gasteiger partial charge is 0.522 e. The third-order valence-corrected chi connectivity index (χ3v) is 0.934. The maximum absolute atomic E-state index is 11.3. The van der Waals surface area contributed by atoms with Crippen LogP contribution in [0.4, 0.5) is 13.2 Å². The zero-order valence-electron chi connectivity index (χ0n) is 6.80. The number of hydrogen-bond donors (Lipinski definition) is 1. The molecule has 0 spiro atoms. The number of hydrogen-bond acceptors (Lipinski definition) is 4. The maximum atomic E-state index is 11.3. The molecule has 0 saturated carbocycles. The van der Waals surface area contributed by atoms with E-state index in [1.54, 1.807) is 0 Å². The topological polar surface area (TPSA) is 55.8 Å². The lowest BCUT2D eigenvalue weighted by Crippen LogP contribution is -2.23. The Kier molecular flexibility index (Phi) is 4.71. The highest BCUT2D eigenvalue weighted by Crippen LogP contribution is 2.15. The molecule has 0 amide bonds. The third-order valence-electron chi connectivity index (χ3n) is 0.934. The molecule has 0 aromatic rings. The van der Waals surface area contributed by atoms with E-state index >= 15 is 0 Å². The predicted molar refractivity (Wildman–Crippen MR) is 34.6 cm³/mol. The van der Waals surface area contributed by atoms with Crippen LogP contribution in [0.25, 0.3) is 0 Å². The monoisotopic (exact) mass is 202 g/mol. The fraction of sp³-hybridized carbons (Fsp3) is 0.833. The Morgan fingerprint density at radius 2 is 2.00 bits per heavy atom. The van der Waals surface area contributed by atoms with Crippen LogP contribution < -0.4 is 0 Å². The molecule has 0 fully saturated rings. The molecule has 0 saturated heterocycles. The van der Waals surface area contributed by atoms with Gasteiger partial charge in [0.15, 0.2) is 0 Å². The van der Waals surface area contributed by atoms with E-state index in [-0.39, 0.29) is 0 Å². The summed E-state index contributed by atoms with van der Waals surface area (Å²) in [6.07, 6.45) is -6.07. The van der Waals surface area contributed by atoms with Gasteiger partial charge in [0.2, 0.25) is 0 Å². The molecule has 4 nitrogen and oxygen atoms in total. The van der Waals surface area contributed by atoms with E-state index in [2.05, 4.69) is 9.47 Å². The van der Waals surface area contributed by atoms with Crippen LogP contribution in [0.2, 0.25) is 0 Å². The van der Waals surface area contributed by atoms with Gasteiger partial charge in [0, 0.05) is 0 Å². The lowest BCUT2D eigenvalue weighted by atomic mass is 10.4. The van der Waals surface area contributed by atoms with Gasteiger partial charge in [0.05, 0.1) is 6.61 Å². The van der Waals surface area contributed by atoms with E-state index in [1.165, 1.54) is 0 Å². The van der Waals surface area contributed by atoms with Gasteiger partial charge in [-0.25, -0.2) is 4.79 Å². The van der Waals surface area contributed by atoms with Crippen molar-refractivity contribution in [3.63, 3.8) is 0 Å². The fourth-order valence-corrected chi connectivity index (χ4v) is 0.420. The van der Waals surface area contributed by atoms with Gasteiger partial charge >= 0.3 is 12.3 Å². The molecule has 0 aromatic heterocycles. The maximum Gasteiger partial charge on any atom is 0.522 e. The summed E-state index contributed by atoms with van der Waals surface area (Å²) in [5.41, 5.74) is 0. The van der Waals surface area contributed by atoms with Gasteiger partial charge in [-0.1, -0.05) is 0 Å². The summed E-state index contributed by atoms with van der Waals surface area (Å²) in [5, 5.41) is 8.54. The Labute approximate surface area is 72.2 Å². The molecule has 0 aliphatic rings. The van der Waals surface area contributed by atoms with Gasteiger partial charge in [-0.15, -0.1) is 13.2 Å². The molecular formula is C6H9F3O4. The summed E-state index contributed by atoms with van der Waals surface area (Å²) in [6.45, 7) is -0.168. The number of ether oxygens (including phenoxy) is 2. The van der Waals surface area contributed by atoms with E-state index in [4.69, 9.17) is 5.11 Å². The predicted octanol–water partition coefficient (Wildman–Crippen LogP) is 0.447. The summed E-state index contributed by atoms with van der Waals surface area (Å²) in [7, 11) is 0. The Morgan fingerprint density at radius 1 is 1.46 bits per heavy atom. The van der Waals surface area contributed by atoms with E-state index in [0.717, 1.165) is 6.92 Å². The lowest BCUT2D eigenvalue weighted by molar-refractivity contribution is -0.326. The van der Waals surface area contributed by atoms with Gasteiger partial charge in [0.25, 0.3) is 0 Å². The highest BCUT2D eigenvalue weighted by atomic mass is 19.4. The molecule has 1 N–H and O–H groups in total. The SMILES string of the molecule is CC(O)C(=O)OCCOC(F)(F)F. The van der Waals surface area contributed by atoms with E-state index in [9.17, 15) is 18.0 Å². The molecule has 0 aliphatic heterocycles. The Hall–Kier alpha value is -0.820. The highest BCUT2D eigenvalue weighted by Gasteiger charge is 2.28. The van der Waals surface area contributed by atoms with Gasteiger partial charge in [-0.2, -0.15) is 0 Å². The van der Waals surface area contributed by atoms with Crippen LogP contribution in [0, 0.1) is 0 Å². The van der Waals surface area contributed by atoms with Crippen LogP contribution in [-0.4, -0.2) is 36.8 Å². The van der Waals surface area contributed by atoms with Crippen LogP contribution in [-0.2, 0) is 14.3 Å². The first-order valence-electron chi connectivity index (χ1n) is 3.38. The molecule has 0 aliphatic carbocycles. The van der Waals surface area contributed by atoms with Crippen molar-refractivity contribution in [1.82, 2.24) is 0 Å². The number of esters is 1. The molecule has 78 valence electrons. The number of alkyl halides is 3. The Bertz CT molecular complexity index is 166. The van der Waals surface area contributed by atoms with Crippen LogP contribution >= 0.6 is 0 Å². The number of aliphatic hydroxyl groups excluding tert-OH is 1. The first kappa shape index (κ1) is 12.2. The van der Waals surface area contributed by atoms with Gasteiger partial charge in [-0.05, 0) is 6.92 Å². The molecule has 1 atom stereocenters. The first-order chi connectivity index (χ1) is 5.83. The first-order valence-corrected chi connectivity index (χ1v) is 3.38. The third kappa shape index (κ3) is 7.54. The molecule has 13 heavy (non-hydrogen) atoms. The van der Waals surface area contributed by atoms with Crippen molar-refractivity contribution in [2.24, 2.45) is 0 Å². The summed E-state index contributed by atoms with van der Waals surface area (Å²) in [5.74, 6) is -0.981. The number of rotatable bonds is 4. The summed E-state index contributed by atoms with van der Waals surface area (Å²) in [6, 6.07) is 0. The minimum absolute atomic E-state index is 0.538. The van der Waals surface area contributed by atoms with Crippen molar-refractivity contribution >= 4 is 5.97 Å². The van der Waals surface area contributed by atoms with E-state index in [0.29, 0.717) is 0 Å². The normalized spacial score (nSPS) is 13.9. The molecule has 0 heterocycles. The van der Waals surface area contributed by atoms with Crippen molar-refractivity contribution in [2.75, 3.05) is 13.2 Å². The standard InChI is InChI=1S/C6H9F3O4/c1-4(10)5(11)12-2-3-13-6(7,8)9/h4,10H,2-3H2,1H3. The zero-order chi connectivity index (χ0) is 10.5. The second-order valence-electron chi connectivity index (χ2n) is 2.14. The average molecular weight is 202 g/mol. The minimum Gasteiger partial charge on any atom is -0.461 e. The second kappa shape index (κ2) is 5.03. The van der Waals surface area contributed by atoms with Gasteiger partial charge in [0.1, 0.15) is 12.7 Å². The Morgan fingerprint density at radius 3 is 2.38 bits per heavy atom. The quantitative estimate of drug-likeness (QED) is 0.531. The molecule has 0 radical (unpaired) electrons. The molecular weight excluding hydrogens is 193 g/mol. The Balaban J connectivity index is 3.42. The summed E-state index contributed by atoms with van der Waals surface area (Å²) >= 11 is 0. The lowest BCUT2D eigenvalue weighted by Gasteiger charge is -2.08. The van der Waals surface area contributed by atoms with Gasteiger partial charge in [-0.3, -0.25) is 4.74 Å². The van der Waals surface area contributed by atoms with Crippen LogP contribution in [0.3, 0.4) is 0 Å². The average Bonchev–Trinajstić information content (AvgIpc) is 1.95. The van der Waals surface area contributed by atoms with Crippen LogP contribution in [0.1, 0.15) is 6.92 Å². The van der Waals surface area contributed by atoms with E-state index in [1.807, 2.05) is 0 Å². The van der Waals surface area contributed by atoms with Crippen molar-refractivity contribution in [2.45, 2.75) is 19.4 Å². The van der Waals surface area contributed by atoms with Crippen LogP contribution in [0.15, 0.2) is 0 Å². The van der Waals surface area contributed by atoms with Crippen LogP contribution in [0.5, 0.6) is 0 Å². The van der Waals surface area contributed by atoms with Crippen molar-refractivity contribution < 1.29 is 32.5 Å². The van der Waals surface area contributed by atoms with E-state index < -0.39 is 31.6 Å². The fourth-order valence-electron chi connectivity index (χ4n) is 0.420. The number of aliphatic hydroxyl groups is 1. The smallest absolute Gasteiger partial charge is 0.461 e. The summed E-state index contributed by atoms with van der Waals surface area (Å²) < 4.78 is 41.5. The number of carbonyl (C=O) groups is 1. The minimum atomic E-state index is -4.72. The molecule has 0 rings (SSSR count). The van der Waals surface area contributed by atoms with Crippen molar-refractivity contribution in [1.29, 1.82) is 0 Å². The highest BCUT2D eigenvalue weighted by molar-refractivity contribution is 5.73. The number of halogens is 3. The molecule has 7 heteroatoms. The number of carbonyl (C=O) groups excluding carboxylic acids is 1. The molecule has 0 bridgehead atoms. The zero-order valence-corrected chi connectivity index (χ0v) is 6.80.